The summed E-state index contributed by atoms with van der Waals surface area (Å²) in [5.41, 5.74) is 4.84. The number of hydrogen-bond acceptors (Lipinski definition) is 3. The highest BCUT2D eigenvalue weighted by Crippen LogP contribution is 2.45. The third-order valence-corrected chi connectivity index (χ3v) is 6.97. The molecule has 1 saturated carbocycles. The van der Waals surface area contributed by atoms with Crippen LogP contribution in [0.25, 0.3) is 6.08 Å². The van der Waals surface area contributed by atoms with Crippen LogP contribution < -0.4 is 4.74 Å². The molecule has 1 aliphatic carbocycles. The van der Waals surface area contributed by atoms with Crippen LogP contribution in [-0.2, 0) is 0 Å². The number of carbonyl (C=O) groups excluding carboxylic acids is 1. The van der Waals surface area contributed by atoms with E-state index >= 15 is 0 Å². The van der Waals surface area contributed by atoms with E-state index in [-0.39, 0.29) is 17.9 Å². The van der Waals surface area contributed by atoms with Crippen LogP contribution in [0, 0.1) is 5.92 Å². The number of benzene rings is 3. The molecule has 3 aromatic rings. The molecule has 0 radical (unpaired) electrons. The lowest BCUT2D eigenvalue weighted by Gasteiger charge is -2.29. The minimum absolute atomic E-state index is 0.121. The first-order chi connectivity index (χ1) is 16.5. The number of nitrogens with zero attached hydrogens (tertiary/aromatic N) is 2. The van der Waals surface area contributed by atoms with Gasteiger partial charge in [-0.25, -0.2) is 5.01 Å². The zero-order valence-corrected chi connectivity index (χ0v) is 20.3. The van der Waals surface area contributed by atoms with Gasteiger partial charge in [0, 0.05) is 21.5 Å². The summed E-state index contributed by atoms with van der Waals surface area (Å²) in [4.78, 5) is 13.7. The fourth-order valence-electron chi connectivity index (χ4n) is 4.79. The second-order valence-corrected chi connectivity index (χ2v) is 9.45. The second kappa shape index (κ2) is 9.65. The van der Waals surface area contributed by atoms with Gasteiger partial charge in [0.2, 0.25) is 0 Å². The lowest BCUT2D eigenvalue weighted by molar-refractivity contribution is 0.0681. The molecule has 172 valence electrons. The monoisotopic (exact) mass is 490 g/mol. The Morgan fingerprint density at radius 2 is 1.62 bits per heavy atom. The first-order valence-corrected chi connectivity index (χ1v) is 12.1. The Morgan fingerprint density at radius 3 is 2.26 bits per heavy atom. The number of methoxy groups -OCH3 is 1. The van der Waals surface area contributed by atoms with Crippen molar-refractivity contribution in [3.05, 3.63) is 105 Å². The molecule has 6 heteroatoms. The van der Waals surface area contributed by atoms with Crippen LogP contribution in [0.2, 0.25) is 10.0 Å². The van der Waals surface area contributed by atoms with Crippen LogP contribution in [0.4, 0.5) is 0 Å². The van der Waals surface area contributed by atoms with Gasteiger partial charge in [0.15, 0.2) is 0 Å². The Balaban J connectivity index is 1.56. The fourth-order valence-corrected chi connectivity index (χ4v) is 5.04. The van der Waals surface area contributed by atoms with Crippen LogP contribution in [-0.4, -0.2) is 23.7 Å². The minimum atomic E-state index is -0.184. The number of allylic oxidation sites excluding steroid dienone is 1. The standard InChI is InChI=1S/C28H24Cl2N2O2/c1-34-24-15-9-20(10-16-24)28(33)32-27(19-7-13-23(30)14-8-19)25-4-2-3-21(26(25)31-32)17-18-5-11-22(29)12-6-18/h5-17,25,27H,2-4H2,1H3/b21-17+/t25-,27-/m1/s1. The minimum Gasteiger partial charge on any atom is -0.497 e. The van der Waals surface area contributed by atoms with Crippen LogP contribution in [0.3, 0.4) is 0 Å². The van der Waals surface area contributed by atoms with E-state index in [1.54, 1.807) is 36.4 Å². The van der Waals surface area contributed by atoms with Crippen molar-refractivity contribution in [1.29, 1.82) is 0 Å². The summed E-state index contributed by atoms with van der Waals surface area (Å²) in [7, 11) is 1.61. The first kappa shape index (κ1) is 22.7. The molecule has 0 N–H and O–H groups in total. The number of ether oxygens (including phenoxy) is 1. The largest absolute Gasteiger partial charge is 0.497 e. The lowest BCUT2D eigenvalue weighted by Crippen LogP contribution is -2.31. The molecule has 1 aliphatic heterocycles. The molecule has 3 aromatic carbocycles. The van der Waals surface area contributed by atoms with Gasteiger partial charge in [-0.1, -0.05) is 47.5 Å². The van der Waals surface area contributed by atoms with Crippen molar-refractivity contribution in [2.45, 2.75) is 25.3 Å². The van der Waals surface area contributed by atoms with Crippen molar-refractivity contribution >= 4 is 40.9 Å². The summed E-state index contributed by atoms with van der Waals surface area (Å²) in [6.07, 6.45) is 5.10. The van der Waals surface area contributed by atoms with E-state index in [4.69, 9.17) is 33.0 Å². The summed E-state index contributed by atoms with van der Waals surface area (Å²) < 4.78 is 5.25. The highest BCUT2D eigenvalue weighted by atomic mass is 35.5. The number of hydrogen-bond donors (Lipinski definition) is 0. The SMILES string of the molecule is COc1ccc(C(=O)N2N=C3/C(=C/c4ccc(Cl)cc4)CCC[C@H]3[C@H]2c2ccc(Cl)cc2)cc1. The van der Waals surface area contributed by atoms with E-state index in [1.165, 1.54) is 5.57 Å². The molecule has 2 aliphatic rings. The Kier molecular flexibility index (Phi) is 6.44. The van der Waals surface area contributed by atoms with E-state index < -0.39 is 0 Å². The highest BCUT2D eigenvalue weighted by Gasteiger charge is 2.43. The van der Waals surface area contributed by atoms with E-state index in [9.17, 15) is 4.79 Å². The number of fused-ring (bicyclic) bond motifs is 1. The van der Waals surface area contributed by atoms with Crippen molar-refractivity contribution in [3.63, 3.8) is 0 Å². The van der Waals surface area contributed by atoms with Gasteiger partial charge in [-0.3, -0.25) is 4.79 Å². The number of rotatable bonds is 4. The fraction of sp³-hybridized carbons (Fsp3) is 0.214. The van der Waals surface area contributed by atoms with Gasteiger partial charge in [0.25, 0.3) is 5.91 Å². The molecule has 0 spiro atoms. The molecule has 1 amide bonds. The number of halogens is 2. The van der Waals surface area contributed by atoms with Gasteiger partial charge in [-0.05, 0) is 90.6 Å². The number of hydrazone groups is 1. The normalized spacial score (nSPS) is 20.7. The van der Waals surface area contributed by atoms with Gasteiger partial charge in [-0.15, -0.1) is 0 Å². The molecule has 5 rings (SSSR count). The van der Waals surface area contributed by atoms with Crippen molar-refractivity contribution in [1.82, 2.24) is 5.01 Å². The topological polar surface area (TPSA) is 41.9 Å². The average Bonchev–Trinajstić information content (AvgIpc) is 3.26. The summed E-state index contributed by atoms with van der Waals surface area (Å²) in [6.45, 7) is 0. The van der Waals surface area contributed by atoms with E-state index in [1.807, 2.05) is 48.5 Å². The summed E-state index contributed by atoms with van der Waals surface area (Å²) in [6, 6.07) is 22.5. The number of carbonyl (C=O) groups is 1. The van der Waals surface area contributed by atoms with Crippen LogP contribution in [0.1, 0.15) is 46.8 Å². The van der Waals surface area contributed by atoms with Gasteiger partial charge in [0.05, 0.1) is 18.9 Å². The Hall–Kier alpha value is -3.08. The predicted molar refractivity (Wildman–Crippen MR) is 138 cm³/mol. The average molecular weight is 491 g/mol. The van der Waals surface area contributed by atoms with Crippen molar-refractivity contribution in [2.75, 3.05) is 7.11 Å². The quantitative estimate of drug-likeness (QED) is 0.381. The highest BCUT2D eigenvalue weighted by molar-refractivity contribution is 6.30. The maximum absolute atomic E-state index is 13.7. The molecule has 4 nitrogen and oxygen atoms in total. The van der Waals surface area contributed by atoms with Crippen molar-refractivity contribution in [2.24, 2.45) is 11.0 Å². The smallest absolute Gasteiger partial charge is 0.274 e. The predicted octanol–water partition coefficient (Wildman–Crippen LogP) is 7.44. The zero-order chi connectivity index (χ0) is 23.7. The third kappa shape index (κ3) is 4.48. The molecule has 1 heterocycles. The van der Waals surface area contributed by atoms with Crippen LogP contribution >= 0.6 is 23.2 Å². The van der Waals surface area contributed by atoms with E-state index in [0.29, 0.717) is 21.4 Å². The molecule has 2 atom stereocenters. The molecular weight excluding hydrogens is 467 g/mol. The van der Waals surface area contributed by atoms with E-state index in [2.05, 4.69) is 6.08 Å². The first-order valence-electron chi connectivity index (χ1n) is 11.3. The second-order valence-electron chi connectivity index (χ2n) is 8.58. The van der Waals surface area contributed by atoms with Gasteiger partial charge >= 0.3 is 0 Å². The molecule has 34 heavy (non-hydrogen) atoms. The Bertz CT molecular complexity index is 1250. The molecule has 1 fully saturated rings. The maximum atomic E-state index is 13.7. The van der Waals surface area contributed by atoms with Gasteiger partial charge in [0.1, 0.15) is 5.75 Å². The Labute approximate surface area is 209 Å². The summed E-state index contributed by atoms with van der Waals surface area (Å²) >= 11 is 12.2. The molecule has 0 unspecified atom stereocenters. The molecule has 0 aromatic heterocycles. The summed E-state index contributed by atoms with van der Waals surface area (Å²) in [5, 5.41) is 7.98. The van der Waals surface area contributed by atoms with Gasteiger partial charge in [-0.2, -0.15) is 5.10 Å². The summed E-state index contributed by atoms with van der Waals surface area (Å²) in [5.74, 6) is 0.700. The van der Waals surface area contributed by atoms with E-state index in [0.717, 1.165) is 36.1 Å². The third-order valence-electron chi connectivity index (χ3n) is 6.47. The zero-order valence-electron chi connectivity index (χ0n) is 18.7. The number of amides is 1. The van der Waals surface area contributed by atoms with Crippen molar-refractivity contribution < 1.29 is 9.53 Å². The van der Waals surface area contributed by atoms with Gasteiger partial charge < -0.3 is 4.74 Å². The molecule has 0 bridgehead atoms. The Morgan fingerprint density at radius 1 is 0.971 bits per heavy atom. The maximum Gasteiger partial charge on any atom is 0.274 e. The molecular formula is C28H24Cl2N2O2. The lowest BCUT2D eigenvalue weighted by atomic mass is 9.77. The molecule has 0 saturated heterocycles. The van der Waals surface area contributed by atoms with Crippen LogP contribution in [0.5, 0.6) is 5.75 Å². The van der Waals surface area contributed by atoms with Crippen molar-refractivity contribution in [3.8, 4) is 5.75 Å². The van der Waals surface area contributed by atoms with Crippen LogP contribution in [0.15, 0.2) is 83.5 Å².